The molecule has 0 unspecified atom stereocenters. The van der Waals surface area contributed by atoms with E-state index < -0.39 is 6.09 Å². The van der Waals surface area contributed by atoms with Crippen LogP contribution in [0.4, 0.5) is 4.79 Å². The van der Waals surface area contributed by atoms with Crippen molar-refractivity contribution < 1.29 is 14.6 Å². The zero-order valence-corrected chi connectivity index (χ0v) is 17.5. The number of piperidine rings is 1. The molecule has 1 aliphatic rings. The maximum atomic E-state index is 13.0. The Balaban J connectivity index is 1.58. The van der Waals surface area contributed by atoms with E-state index in [2.05, 4.69) is 15.2 Å². The summed E-state index contributed by atoms with van der Waals surface area (Å²) < 4.78 is 7.18. The lowest BCUT2D eigenvalue weighted by molar-refractivity contribution is 0.166. The minimum absolute atomic E-state index is 0.00384. The third-order valence-corrected chi connectivity index (χ3v) is 6.34. The minimum Gasteiger partial charge on any atom is -0.497 e. The Labute approximate surface area is 177 Å². The second kappa shape index (κ2) is 8.85. The summed E-state index contributed by atoms with van der Waals surface area (Å²) in [7, 11) is 1.61. The fourth-order valence-corrected chi connectivity index (χ4v) is 4.64. The smallest absolute Gasteiger partial charge is 0.404 e. The molecule has 1 aliphatic heterocycles. The van der Waals surface area contributed by atoms with Crippen molar-refractivity contribution in [3.63, 3.8) is 0 Å². The van der Waals surface area contributed by atoms with E-state index in [1.54, 1.807) is 23.9 Å². The van der Waals surface area contributed by atoms with E-state index in [1.165, 1.54) is 11.3 Å². The molecule has 0 spiro atoms. The summed E-state index contributed by atoms with van der Waals surface area (Å²) in [5.74, 6) is 0.701. The van der Waals surface area contributed by atoms with Crippen molar-refractivity contribution in [3.8, 4) is 16.3 Å². The van der Waals surface area contributed by atoms with Crippen LogP contribution in [0, 0.1) is 0 Å². The lowest BCUT2D eigenvalue weighted by Gasteiger charge is -2.32. The number of fused-ring (bicyclic) bond motifs is 1. The molecule has 0 atom stereocenters. The molecular weight excluding hydrogens is 404 g/mol. The number of aromatic nitrogens is 2. The monoisotopic (exact) mass is 428 g/mol. The number of hydrogen-bond acceptors (Lipinski definition) is 6. The number of nitrogens with zero attached hydrogens (tertiary/aromatic N) is 3. The number of nitrogens with one attached hydrogen (secondary N) is 1. The van der Waals surface area contributed by atoms with Crippen LogP contribution >= 0.6 is 11.3 Å². The summed E-state index contributed by atoms with van der Waals surface area (Å²) in [6.07, 6.45) is 2.32. The number of likely N-dealkylation sites (tertiary alicyclic amines) is 1. The number of ether oxygens (including phenoxy) is 1. The van der Waals surface area contributed by atoms with Gasteiger partial charge in [0, 0.05) is 66.9 Å². The maximum Gasteiger partial charge on any atom is 0.404 e. The quantitative estimate of drug-likeness (QED) is 0.627. The van der Waals surface area contributed by atoms with Crippen LogP contribution in [0.15, 0.2) is 40.6 Å². The highest BCUT2D eigenvalue weighted by Gasteiger charge is 2.21. The molecule has 0 saturated carbocycles. The van der Waals surface area contributed by atoms with Gasteiger partial charge in [-0.2, -0.15) is 0 Å². The molecule has 1 saturated heterocycles. The van der Waals surface area contributed by atoms with Gasteiger partial charge in [0.05, 0.1) is 12.6 Å². The molecule has 3 heterocycles. The number of carbonyl (C=O) groups is 1. The van der Waals surface area contributed by atoms with Gasteiger partial charge in [-0.15, -0.1) is 11.3 Å². The van der Waals surface area contributed by atoms with Crippen molar-refractivity contribution in [3.05, 3.63) is 46.2 Å². The zero-order chi connectivity index (χ0) is 21.1. The van der Waals surface area contributed by atoms with Crippen molar-refractivity contribution >= 4 is 28.3 Å². The van der Waals surface area contributed by atoms with E-state index in [0.717, 1.165) is 53.9 Å². The molecule has 2 N–H and O–H groups in total. The molecule has 0 radical (unpaired) electrons. The Morgan fingerprint density at radius 1 is 1.30 bits per heavy atom. The van der Waals surface area contributed by atoms with Gasteiger partial charge in [0.15, 0.2) is 0 Å². The first kappa shape index (κ1) is 20.4. The minimum atomic E-state index is -0.972. The normalized spacial score (nSPS) is 15.4. The number of benzene rings is 1. The summed E-state index contributed by atoms with van der Waals surface area (Å²) in [5.41, 5.74) is 1.60. The number of thiazole rings is 1. The summed E-state index contributed by atoms with van der Waals surface area (Å²) in [6, 6.07) is 7.44. The largest absolute Gasteiger partial charge is 0.497 e. The van der Waals surface area contributed by atoms with Crippen molar-refractivity contribution in [2.45, 2.75) is 25.4 Å². The predicted octanol–water partition coefficient (Wildman–Crippen LogP) is 2.87. The second-order valence-electron chi connectivity index (χ2n) is 7.33. The van der Waals surface area contributed by atoms with Crippen molar-refractivity contribution in [1.29, 1.82) is 0 Å². The van der Waals surface area contributed by atoms with Gasteiger partial charge in [0.25, 0.3) is 5.56 Å². The first-order valence-electron chi connectivity index (χ1n) is 9.88. The van der Waals surface area contributed by atoms with Gasteiger partial charge in [0.1, 0.15) is 10.8 Å². The highest BCUT2D eigenvalue weighted by Crippen LogP contribution is 2.30. The van der Waals surface area contributed by atoms with Gasteiger partial charge in [0.2, 0.25) is 0 Å². The Morgan fingerprint density at radius 3 is 2.77 bits per heavy atom. The molecule has 30 heavy (non-hydrogen) atoms. The molecule has 0 aliphatic carbocycles. The molecule has 8 nitrogen and oxygen atoms in total. The third kappa shape index (κ3) is 4.31. The van der Waals surface area contributed by atoms with Crippen molar-refractivity contribution in [1.82, 2.24) is 19.8 Å². The molecule has 1 amide bonds. The van der Waals surface area contributed by atoms with Gasteiger partial charge < -0.3 is 24.6 Å². The number of amides is 1. The fourth-order valence-electron chi connectivity index (χ4n) is 3.97. The molecule has 1 aromatic carbocycles. The lowest BCUT2D eigenvalue weighted by atomic mass is 10.1. The highest BCUT2D eigenvalue weighted by atomic mass is 32.1. The van der Waals surface area contributed by atoms with Crippen LogP contribution in [-0.2, 0) is 6.54 Å². The number of hydrogen-bond donors (Lipinski definition) is 2. The van der Waals surface area contributed by atoms with E-state index in [0.29, 0.717) is 12.3 Å². The average molecular weight is 429 g/mol. The van der Waals surface area contributed by atoms with Gasteiger partial charge in [-0.25, -0.2) is 9.78 Å². The van der Waals surface area contributed by atoms with Crippen LogP contribution in [0.5, 0.6) is 5.75 Å². The summed E-state index contributed by atoms with van der Waals surface area (Å²) in [4.78, 5) is 30.5. The van der Waals surface area contributed by atoms with Crippen LogP contribution in [-0.4, -0.2) is 58.4 Å². The molecule has 3 aromatic rings. The number of pyridine rings is 1. The molecular formula is C21H24N4O4S. The van der Waals surface area contributed by atoms with Crippen LogP contribution in [0.2, 0.25) is 0 Å². The molecule has 1 fully saturated rings. The fraction of sp³-hybridized carbons (Fsp3) is 0.381. The maximum absolute atomic E-state index is 13.0. The topological polar surface area (TPSA) is 96.7 Å². The molecule has 9 heteroatoms. The van der Waals surface area contributed by atoms with Crippen LogP contribution in [0.25, 0.3) is 21.5 Å². The number of carboxylic acid groups (broad SMARTS) is 1. The van der Waals surface area contributed by atoms with E-state index in [4.69, 9.17) is 9.84 Å². The van der Waals surface area contributed by atoms with E-state index in [1.807, 2.05) is 23.6 Å². The Kier molecular flexibility index (Phi) is 6.01. The Morgan fingerprint density at radius 2 is 2.10 bits per heavy atom. The number of methoxy groups -OCH3 is 1. The highest BCUT2D eigenvalue weighted by molar-refractivity contribution is 7.13. The van der Waals surface area contributed by atoms with Gasteiger partial charge in [-0.05, 0) is 25.0 Å². The summed E-state index contributed by atoms with van der Waals surface area (Å²) >= 11 is 1.51. The summed E-state index contributed by atoms with van der Waals surface area (Å²) in [6.45, 7) is 2.89. The van der Waals surface area contributed by atoms with Crippen LogP contribution in [0.1, 0.15) is 12.8 Å². The predicted molar refractivity (Wildman–Crippen MR) is 116 cm³/mol. The first-order valence-corrected chi connectivity index (χ1v) is 10.8. The molecule has 158 valence electrons. The van der Waals surface area contributed by atoms with E-state index in [9.17, 15) is 9.59 Å². The van der Waals surface area contributed by atoms with Crippen LogP contribution in [0.3, 0.4) is 0 Å². The average Bonchev–Trinajstić information content (AvgIpc) is 3.27. The number of rotatable bonds is 6. The van der Waals surface area contributed by atoms with Crippen molar-refractivity contribution in [2.75, 3.05) is 26.7 Å². The van der Waals surface area contributed by atoms with Gasteiger partial charge in [-0.1, -0.05) is 0 Å². The zero-order valence-electron chi connectivity index (χ0n) is 16.7. The third-order valence-electron chi connectivity index (χ3n) is 5.54. The molecule has 4 rings (SSSR count). The SMILES string of the molecule is COc1ccc2c(-c3nccs3)cc(=O)n(CCN3CCC(NC(=O)O)CC3)c2c1. The van der Waals surface area contributed by atoms with E-state index >= 15 is 0 Å². The molecule has 0 bridgehead atoms. The van der Waals surface area contributed by atoms with Gasteiger partial charge in [-0.3, -0.25) is 4.79 Å². The standard InChI is InChI=1S/C21H24N4O4S/c1-29-15-2-3-16-17(20-22-6-11-30-20)13-19(26)25(18(16)12-15)10-9-24-7-4-14(5-8-24)23-21(27)28/h2-3,6,11-14,23H,4-5,7-10H2,1H3,(H,27,28). The first-order chi connectivity index (χ1) is 14.5. The van der Waals surface area contributed by atoms with Crippen LogP contribution < -0.4 is 15.6 Å². The van der Waals surface area contributed by atoms with Crippen molar-refractivity contribution in [2.24, 2.45) is 0 Å². The molecule has 2 aromatic heterocycles. The summed E-state index contributed by atoms with van der Waals surface area (Å²) in [5, 5.41) is 15.1. The Hall–Kier alpha value is -2.91. The lowest BCUT2D eigenvalue weighted by Crippen LogP contribution is -2.45. The van der Waals surface area contributed by atoms with E-state index in [-0.39, 0.29) is 11.6 Å². The Bertz CT molecular complexity index is 1090. The second-order valence-corrected chi connectivity index (χ2v) is 8.23. The van der Waals surface area contributed by atoms with Gasteiger partial charge >= 0.3 is 6.09 Å².